The van der Waals surface area contributed by atoms with Crippen molar-refractivity contribution in [3.05, 3.63) is 26.0 Å². The molecule has 0 saturated carbocycles. The number of aromatic amines is 1. The van der Waals surface area contributed by atoms with Crippen molar-refractivity contribution in [1.82, 2.24) is 14.9 Å². The molecule has 0 radical (unpaired) electrons. The highest BCUT2D eigenvalue weighted by molar-refractivity contribution is 9.11. The lowest BCUT2D eigenvalue weighted by molar-refractivity contribution is 0.0781. The highest BCUT2D eigenvalue weighted by atomic mass is 79.9. The van der Waals surface area contributed by atoms with Crippen molar-refractivity contribution in [2.45, 2.75) is 12.8 Å². The summed E-state index contributed by atoms with van der Waals surface area (Å²) < 4.78 is 1.38. The second-order valence-electron chi connectivity index (χ2n) is 4.18. The van der Waals surface area contributed by atoms with Gasteiger partial charge < -0.3 is 9.88 Å². The molecule has 3 heterocycles. The lowest BCUT2D eigenvalue weighted by Crippen LogP contribution is -2.30. The van der Waals surface area contributed by atoms with Crippen LogP contribution in [0.1, 0.15) is 23.5 Å². The van der Waals surface area contributed by atoms with Gasteiger partial charge in [-0.05, 0) is 34.8 Å². The van der Waals surface area contributed by atoms with E-state index in [9.17, 15) is 9.59 Å². The minimum atomic E-state index is -0.252. The average molecular weight is 328 g/mol. The van der Waals surface area contributed by atoms with Gasteiger partial charge in [-0.3, -0.25) is 9.59 Å². The standard InChI is InChI=1S/C11H10BrN3O2S/c12-7-5-6-8(18-7)10(16)14-9(13-6)11(17)15-3-1-2-4-15/h5H,1-4H2,(H,13,14,16). The van der Waals surface area contributed by atoms with Crippen molar-refractivity contribution in [2.75, 3.05) is 13.1 Å². The normalized spacial score (nSPS) is 15.5. The van der Waals surface area contributed by atoms with Gasteiger partial charge in [0.15, 0.2) is 5.82 Å². The van der Waals surface area contributed by atoms with Gasteiger partial charge in [-0.25, -0.2) is 4.98 Å². The third-order valence-electron chi connectivity index (χ3n) is 2.95. The molecule has 1 aliphatic heterocycles. The van der Waals surface area contributed by atoms with Crippen LogP contribution in [0.5, 0.6) is 0 Å². The number of likely N-dealkylation sites (tertiary alicyclic amines) is 1. The number of amides is 1. The third-order valence-corrected chi connectivity index (χ3v) is 4.57. The zero-order valence-corrected chi connectivity index (χ0v) is 11.8. The van der Waals surface area contributed by atoms with Crippen LogP contribution in [0.4, 0.5) is 0 Å². The van der Waals surface area contributed by atoms with Crippen molar-refractivity contribution in [3.63, 3.8) is 0 Å². The summed E-state index contributed by atoms with van der Waals surface area (Å²) >= 11 is 4.63. The van der Waals surface area contributed by atoms with E-state index in [1.165, 1.54) is 11.3 Å². The number of rotatable bonds is 1. The second-order valence-corrected chi connectivity index (χ2v) is 6.61. The first-order chi connectivity index (χ1) is 8.65. The summed E-state index contributed by atoms with van der Waals surface area (Å²) in [6, 6.07) is 1.76. The second kappa shape index (κ2) is 4.47. The van der Waals surface area contributed by atoms with Crippen molar-refractivity contribution in [3.8, 4) is 0 Å². The van der Waals surface area contributed by atoms with E-state index in [1.807, 2.05) is 0 Å². The van der Waals surface area contributed by atoms with E-state index in [2.05, 4.69) is 25.9 Å². The Morgan fingerprint density at radius 3 is 2.89 bits per heavy atom. The molecule has 7 heteroatoms. The predicted octanol–water partition coefficient (Wildman–Crippen LogP) is 1.98. The summed E-state index contributed by atoms with van der Waals surface area (Å²) in [6.45, 7) is 1.49. The van der Waals surface area contributed by atoms with Crippen LogP contribution < -0.4 is 5.56 Å². The van der Waals surface area contributed by atoms with Gasteiger partial charge >= 0.3 is 0 Å². The molecule has 2 aromatic rings. The number of nitrogens with zero attached hydrogens (tertiary/aromatic N) is 2. The van der Waals surface area contributed by atoms with E-state index in [1.54, 1.807) is 11.0 Å². The molecule has 1 saturated heterocycles. The van der Waals surface area contributed by atoms with E-state index >= 15 is 0 Å². The predicted molar refractivity (Wildman–Crippen MR) is 73.1 cm³/mol. The minimum Gasteiger partial charge on any atom is -0.336 e. The van der Waals surface area contributed by atoms with Gasteiger partial charge in [0, 0.05) is 13.1 Å². The number of carbonyl (C=O) groups is 1. The fourth-order valence-corrected chi connectivity index (χ4v) is 3.50. The topological polar surface area (TPSA) is 66.1 Å². The first-order valence-electron chi connectivity index (χ1n) is 5.64. The molecule has 5 nitrogen and oxygen atoms in total. The van der Waals surface area contributed by atoms with Crippen LogP contribution in [0.15, 0.2) is 14.6 Å². The Kier molecular flexibility index (Phi) is 2.95. The van der Waals surface area contributed by atoms with Crippen LogP contribution >= 0.6 is 27.3 Å². The molecule has 0 aromatic carbocycles. The molecular formula is C11H10BrN3O2S. The summed E-state index contributed by atoms with van der Waals surface area (Å²) in [5, 5.41) is 0. The number of carbonyl (C=O) groups excluding carboxylic acids is 1. The Hall–Kier alpha value is -1.21. The molecule has 1 fully saturated rings. The molecule has 1 aliphatic rings. The van der Waals surface area contributed by atoms with Crippen LogP contribution in [0.3, 0.4) is 0 Å². The SMILES string of the molecule is O=C(c1nc2cc(Br)sc2c(=O)[nH]1)N1CCCC1. The third kappa shape index (κ3) is 1.97. The molecule has 1 amide bonds. The molecule has 0 unspecified atom stereocenters. The summed E-state index contributed by atoms with van der Waals surface area (Å²) in [5.74, 6) is -0.0477. The minimum absolute atomic E-state index is 0.139. The summed E-state index contributed by atoms with van der Waals surface area (Å²) in [6.07, 6.45) is 2.03. The highest BCUT2D eigenvalue weighted by Crippen LogP contribution is 2.25. The lowest BCUT2D eigenvalue weighted by Gasteiger charge is -2.13. The molecule has 0 bridgehead atoms. The Labute approximate surface area is 115 Å². The number of thiophene rings is 1. The van der Waals surface area contributed by atoms with E-state index in [4.69, 9.17) is 0 Å². The maximum Gasteiger partial charge on any atom is 0.289 e. The molecule has 94 valence electrons. The quantitative estimate of drug-likeness (QED) is 0.870. The number of halogens is 1. The smallest absolute Gasteiger partial charge is 0.289 e. The first-order valence-corrected chi connectivity index (χ1v) is 7.25. The van der Waals surface area contributed by atoms with Gasteiger partial charge in [0.1, 0.15) is 4.70 Å². The molecule has 0 atom stereocenters. The Morgan fingerprint density at radius 2 is 2.17 bits per heavy atom. The molecular weight excluding hydrogens is 318 g/mol. The van der Waals surface area contributed by atoms with Crippen molar-refractivity contribution in [2.24, 2.45) is 0 Å². The van der Waals surface area contributed by atoms with Gasteiger partial charge in [-0.15, -0.1) is 11.3 Å². The number of fused-ring (bicyclic) bond motifs is 1. The fraction of sp³-hybridized carbons (Fsp3) is 0.364. The van der Waals surface area contributed by atoms with E-state index < -0.39 is 0 Å². The summed E-state index contributed by atoms with van der Waals surface area (Å²) in [4.78, 5) is 32.5. The van der Waals surface area contributed by atoms with Crippen molar-refractivity contribution >= 4 is 43.4 Å². The average Bonchev–Trinajstić information content (AvgIpc) is 2.96. The zero-order chi connectivity index (χ0) is 12.7. The number of H-pyrrole nitrogens is 1. The Morgan fingerprint density at radius 1 is 1.44 bits per heavy atom. The van der Waals surface area contributed by atoms with Gasteiger partial charge in [0.2, 0.25) is 0 Å². The monoisotopic (exact) mass is 327 g/mol. The van der Waals surface area contributed by atoms with Crippen LogP contribution in [-0.2, 0) is 0 Å². The van der Waals surface area contributed by atoms with Gasteiger partial charge in [-0.1, -0.05) is 0 Å². The molecule has 1 N–H and O–H groups in total. The molecule has 0 spiro atoms. The maximum atomic E-state index is 12.1. The van der Waals surface area contributed by atoms with Crippen LogP contribution in [-0.4, -0.2) is 33.9 Å². The van der Waals surface area contributed by atoms with E-state index in [0.717, 1.165) is 29.7 Å². The zero-order valence-electron chi connectivity index (χ0n) is 9.40. The Balaban J connectivity index is 2.06. The lowest BCUT2D eigenvalue weighted by atomic mass is 10.4. The van der Waals surface area contributed by atoms with Crippen molar-refractivity contribution in [1.29, 1.82) is 0 Å². The van der Waals surface area contributed by atoms with Crippen LogP contribution in [0.2, 0.25) is 0 Å². The highest BCUT2D eigenvalue weighted by Gasteiger charge is 2.22. The molecule has 18 heavy (non-hydrogen) atoms. The van der Waals surface area contributed by atoms with Gasteiger partial charge in [-0.2, -0.15) is 0 Å². The Bertz CT molecular complexity index is 672. The summed E-state index contributed by atoms with van der Waals surface area (Å²) in [5.41, 5.74) is 0.316. The van der Waals surface area contributed by atoms with Crippen LogP contribution in [0.25, 0.3) is 10.2 Å². The summed E-state index contributed by atoms with van der Waals surface area (Å²) in [7, 11) is 0. The molecule has 0 aliphatic carbocycles. The van der Waals surface area contributed by atoms with Crippen molar-refractivity contribution < 1.29 is 4.79 Å². The van der Waals surface area contributed by atoms with Gasteiger partial charge in [0.05, 0.1) is 9.30 Å². The number of hydrogen-bond acceptors (Lipinski definition) is 4. The maximum absolute atomic E-state index is 12.1. The molecule has 2 aromatic heterocycles. The number of hydrogen-bond donors (Lipinski definition) is 1. The largest absolute Gasteiger partial charge is 0.336 e. The van der Waals surface area contributed by atoms with Crippen LogP contribution in [0, 0.1) is 0 Å². The first kappa shape index (κ1) is 11.9. The fourth-order valence-electron chi connectivity index (χ4n) is 2.08. The van der Waals surface area contributed by atoms with E-state index in [-0.39, 0.29) is 17.3 Å². The number of nitrogens with one attached hydrogen (secondary N) is 1. The van der Waals surface area contributed by atoms with E-state index in [0.29, 0.717) is 10.2 Å². The van der Waals surface area contributed by atoms with Gasteiger partial charge in [0.25, 0.3) is 11.5 Å². The number of aromatic nitrogens is 2. The molecule has 3 rings (SSSR count).